The lowest BCUT2D eigenvalue weighted by molar-refractivity contribution is -0.208. The molecule has 0 amide bonds. The lowest BCUT2D eigenvalue weighted by Crippen LogP contribution is -2.62. The van der Waals surface area contributed by atoms with Crippen LogP contribution in [0.25, 0.3) is 0 Å². The predicted octanol–water partition coefficient (Wildman–Crippen LogP) is 2.58. The first kappa shape index (κ1) is 19.1. The summed E-state index contributed by atoms with van der Waals surface area (Å²) in [6.45, 7) is 4.77. The zero-order valence-electron chi connectivity index (χ0n) is 17.1. The van der Waals surface area contributed by atoms with E-state index in [1.165, 1.54) is 6.08 Å². The highest BCUT2D eigenvalue weighted by molar-refractivity contribution is 5.85. The van der Waals surface area contributed by atoms with Crippen LogP contribution in [-0.2, 0) is 9.53 Å². The van der Waals surface area contributed by atoms with Crippen molar-refractivity contribution in [2.24, 2.45) is 34.5 Å². The molecule has 156 valence electrons. The summed E-state index contributed by atoms with van der Waals surface area (Å²) in [6, 6.07) is 0. The summed E-state index contributed by atoms with van der Waals surface area (Å²) >= 11 is 0. The van der Waals surface area contributed by atoms with Crippen LogP contribution in [0.5, 0.6) is 0 Å². The molecule has 0 aromatic rings. The Morgan fingerprint density at radius 3 is 2.57 bits per heavy atom. The molecule has 0 aromatic heterocycles. The molecule has 28 heavy (non-hydrogen) atoms. The van der Waals surface area contributed by atoms with Crippen molar-refractivity contribution in [2.45, 2.75) is 83.0 Å². The van der Waals surface area contributed by atoms with Gasteiger partial charge >= 0.3 is 5.97 Å². The van der Waals surface area contributed by atoms with Gasteiger partial charge in [0.15, 0.2) is 0 Å². The van der Waals surface area contributed by atoms with E-state index in [4.69, 9.17) is 4.74 Å². The molecule has 5 heteroatoms. The molecule has 0 radical (unpaired) electrons. The molecule has 4 fully saturated rings. The van der Waals surface area contributed by atoms with Gasteiger partial charge in [-0.15, -0.1) is 0 Å². The minimum Gasteiger partial charge on any atom is -0.458 e. The average molecular weight is 391 g/mol. The van der Waals surface area contributed by atoms with Gasteiger partial charge in [-0.3, -0.25) is 0 Å². The summed E-state index contributed by atoms with van der Waals surface area (Å²) in [5, 5.41) is 33.3. The Morgan fingerprint density at radius 1 is 1.07 bits per heavy atom. The molecule has 9 atom stereocenters. The molecule has 5 rings (SSSR count). The number of esters is 1. The van der Waals surface area contributed by atoms with Crippen molar-refractivity contribution in [1.82, 2.24) is 0 Å². The summed E-state index contributed by atoms with van der Waals surface area (Å²) < 4.78 is 5.14. The summed E-state index contributed by atoms with van der Waals surface area (Å²) in [6.07, 6.45) is 7.87. The summed E-state index contributed by atoms with van der Waals surface area (Å²) in [5.74, 6) is 0.627. The van der Waals surface area contributed by atoms with Crippen LogP contribution in [0.1, 0.15) is 65.2 Å². The number of aliphatic hydroxyl groups excluding tert-OH is 2. The summed E-state index contributed by atoms with van der Waals surface area (Å²) in [4.78, 5) is 11.7. The van der Waals surface area contributed by atoms with Gasteiger partial charge in [0.25, 0.3) is 0 Å². The second-order valence-corrected chi connectivity index (χ2v) is 10.9. The van der Waals surface area contributed by atoms with E-state index in [1.807, 2.05) is 0 Å². The Balaban J connectivity index is 1.50. The van der Waals surface area contributed by atoms with Gasteiger partial charge < -0.3 is 20.1 Å². The second-order valence-electron chi connectivity index (χ2n) is 10.9. The number of hydrogen-bond donors (Lipinski definition) is 3. The van der Waals surface area contributed by atoms with Crippen LogP contribution in [-0.4, -0.2) is 45.7 Å². The van der Waals surface area contributed by atoms with E-state index in [1.54, 1.807) is 0 Å². The van der Waals surface area contributed by atoms with Gasteiger partial charge in [-0.1, -0.05) is 13.8 Å². The molecule has 0 unspecified atom stereocenters. The zero-order valence-corrected chi connectivity index (χ0v) is 17.1. The van der Waals surface area contributed by atoms with Crippen molar-refractivity contribution < 1.29 is 24.9 Å². The molecule has 1 aliphatic heterocycles. The number of cyclic esters (lactones) is 1. The standard InChI is InChI=1S/C23H34O5/c1-21-7-5-15(24)10-14(21)3-4-17-16(21)6-8-22(2)20(13-9-19(26)28-12-13)18(25)11-23(17,22)27/h9,14-18,20,24-25,27H,3-8,10-12H2,1-2H3/t14-,15+,16+,17-,18-,20+,21+,22-,23+/m1/s1. The monoisotopic (exact) mass is 390 g/mol. The number of hydrogen-bond acceptors (Lipinski definition) is 5. The van der Waals surface area contributed by atoms with Crippen molar-refractivity contribution in [1.29, 1.82) is 0 Å². The number of aliphatic hydroxyl groups is 3. The third-order valence-electron chi connectivity index (χ3n) is 9.92. The molecule has 5 aliphatic rings. The molecular formula is C23H34O5. The first-order valence-electron chi connectivity index (χ1n) is 11.1. The Hall–Kier alpha value is -0.910. The summed E-state index contributed by atoms with van der Waals surface area (Å²) in [7, 11) is 0. The Bertz CT molecular complexity index is 718. The number of carbonyl (C=O) groups is 1. The smallest absolute Gasteiger partial charge is 0.331 e. The lowest BCUT2D eigenvalue weighted by atomic mass is 9.43. The first-order valence-corrected chi connectivity index (χ1v) is 11.1. The van der Waals surface area contributed by atoms with Gasteiger partial charge in [-0.2, -0.15) is 0 Å². The van der Waals surface area contributed by atoms with Gasteiger partial charge in [0.1, 0.15) is 6.61 Å². The summed E-state index contributed by atoms with van der Waals surface area (Å²) in [5.41, 5.74) is -0.301. The highest BCUT2D eigenvalue weighted by atomic mass is 16.5. The zero-order chi connectivity index (χ0) is 19.9. The van der Waals surface area contributed by atoms with Crippen LogP contribution < -0.4 is 0 Å². The maximum atomic E-state index is 12.1. The van der Waals surface area contributed by atoms with Gasteiger partial charge in [0.05, 0.1) is 17.8 Å². The van der Waals surface area contributed by atoms with E-state index in [-0.39, 0.29) is 35.9 Å². The fourth-order valence-electron chi connectivity index (χ4n) is 8.47. The lowest BCUT2D eigenvalue weighted by Gasteiger charge is -2.63. The molecular weight excluding hydrogens is 356 g/mol. The van der Waals surface area contributed by atoms with E-state index >= 15 is 0 Å². The third kappa shape index (κ3) is 2.33. The number of rotatable bonds is 1. The van der Waals surface area contributed by atoms with Crippen molar-refractivity contribution in [3.63, 3.8) is 0 Å². The van der Waals surface area contributed by atoms with E-state index in [0.29, 0.717) is 18.3 Å². The fourth-order valence-corrected chi connectivity index (χ4v) is 8.47. The van der Waals surface area contributed by atoms with Gasteiger partial charge in [0.2, 0.25) is 0 Å². The molecule has 5 nitrogen and oxygen atoms in total. The van der Waals surface area contributed by atoms with E-state index < -0.39 is 17.1 Å². The first-order chi connectivity index (χ1) is 13.2. The van der Waals surface area contributed by atoms with Crippen LogP contribution >= 0.6 is 0 Å². The van der Waals surface area contributed by atoms with Gasteiger partial charge in [0, 0.05) is 23.8 Å². The molecule has 0 bridgehead atoms. The maximum absolute atomic E-state index is 12.1. The topological polar surface area (TPSA) is 87.0 Å². The van der Waals surface area contributed by atoms with Crippen molar-refractivity contribution >= 4 is 5.97 Å². The molecule has 0 saturated heterocycles. The largest absolute Gasteiger partial charge is 0.458 e. The van der Waals surface area contributed by atoms with Crippen LogP contribution in [0.15, 0.2) is 11.6 Å². The maximum Gasteiger partial charge on any atom is 0.331 e. The van der Waals surface area contributed by atoms with E-state index in [2.05, 4.69) is 13.8 Å². The Kier molecular flexibility index (Phi) is 4.12. The van der Waals surface area contributed by atoms with Crippen molar-refractivity contribution in [3.05, 3.63) is 11.6 Å². The number of carbonyl (C=O) groups excluding carboxylic acids is 1. The van der Waals surface area contributed by atoms with E-state index in [9.17, 15) is 20.1 Å². The fraction of sp³-hybridized carbons (Fsp3) is 0.870. The van der Waals surface area contributed by atoms with Crippen LogP contribution in [0.4, 0.5) is 0 Å². The highest BCUT2D eigenvalue weighted by Gasteiger charge is 2.70. The highest BCUT2D eigenvalue weighted by Crippen LogP contribution is 2.69. The number of ether oxygens (including phenoxy) is 1. The predicted molar refractivity (Wildman–Crippen MR) is 103 cm³/mol. The molecule has 3 N–H and O–H groups in total. The molecule has 0 aromatic carbocycles. The van der Waals surface area contributed by atoms with Gasteiger partial charge in [-0.25, -0.2) is 4.79 Å². The Labute approximate surface area is 167 Å². The normalized spacial score (nSPS) is 55.8. The Morgan fingerprint density at radius 2 is 1.86 bits per heavy atom. The molecule has 1 heterocycles. The van der Waals surface area contributed by atoms with Crippen LogP contribution in [0.2, 0.25) is 0 Å². The molecule has 4 aliphatic carbocycles. The third-order valence-corrected chi connectivity index (χ3v) is 9.92. The second kappa shape index (κ2) is 6.05. The van der Waals surface area contributed by atoms with E-state index in [0.717, 1.165) is 50.5 Å². The number of fused-ring (bicyclic) bond motifs is 5. The van der Waals surface area contributed by atoms with Crippen molar-refractivity contribution in [2.75, 3.05) is 6.61 Å². The van der Waals surface area contributed by atoms with Crippen molar-refractivity contribution in [3.8, 4) is 0 Å². The molecule has 4 saturated carbocycles. The SMILES string of the molecule is C[C@]12CC[C@H](O)C[C@H]1CC[C@@H]1[C@@H]2CC[C@]2(C)[C@@H](C3=CC(=O)OC3)[C@H](O)C[C@]12O. The van der Waals surface area contributed by atoms with Gasteiger partial charge in [-0.05, 0) is 73.7 Å². The minimum atomic E-state index is -0.906. The van der Waals surface area contributed by atoms with Crippen LogP contribution in [0, 0.1) is 34.5 Å². The van der Waals surface area contributed by atoms with Crippen LogP contribution in [0.3, 0.4) is 0 Å². The minimum absolute atomic E-state index is 0.170. The quantitative estimate of drug-likeness (QED) is 0.599. The molecule has 0 spiro atoms. The average Bonchev–Trinajstić information content (AvgIpc) is 3.13.